The summed E-state index contributed by atoms with van der Waals surface area (Å²) in [5.74, 6) is -1.49. The van der Waals surface area contributed by atoms with Gasteiger partial charge in [-0.25, -0.2) is 9.18 Å². The topological polar surface area (TPSA) is 99.3 Å². The van der Waals surface area contributed by atoms with Gasteiger partial charge in [-0.05, 0) is 29.8 Å². The molecule has 0 aliphatic carbocycles. The fourth-order valence-corrected chi connectivity index (χ4v) is 1.99. The van der Waals surface area contributed by atoms with Crippen molar-refractivity contribution in [2.24, 2.45) is 0 Å². The first-order valence-electron chi connectivity index (χ1n) is 7.95. The Morgan fingerprint density at radius 1 is 0.846 bits per heavy atom. The molecule has 2 aromatic carbocycles. The number of hydrogen-bond acceptors (Lipinski definition) is 3. The molecule has 4 amide bonds. The average Bonchev–Trinajstić information content (AvgIpc) is 2.66. The van der Waals surface area contributed by atoms with Crippen LogP contribution in [0.25, 0.3) is 0 Å². The number of halogens is 1. The van der Waals surface area contributed by atoms with E-state index in [4.69, 9.17) is 0 Å². The maximum Gasteiger partial charge on any atom is 0.315 e. The van der Waals surface area contributed by atoms with E-state index in [0.29, 0.717) is 6.54 Å². The van der Waals surface area contributed by atoms with Gasteiger partial charge >= 0.3 is 6.03 Å². The number of hydrogen-bond donors (Lipinski definition) is 4. The number of carbonyl (C=O) groups is 3. The first kappa shape index (κ1) is 18.9. The Labute approximate surface area is 149 Å². The molecule has 8 heteroatoms. The normalized spacial score (nSPS) is 9.88. The molecule has 7 nitrogen and oxygen atoms in total. The Kier molecular flexibility index (Phi) is 7.11. The van der Waals surface area contributed by atoms with E-state index >= 15 is 0 Å². The second-order valence-corrected chi connectivity index (χ2v) is 5.35. The molecule has 4 N–H and O–H groups in total. The Morgan fingerprint density at radius 2 is 1.54 bits per heavy atom. The third-order valence-corrected chi connectivity index (χ3v) is 3.36. The van der Waals surface area contributed by atoms with E-state index in [-0.39, 0.29) is 18.5 Å². The van der Waals surface area contributed by atoms with Crippen LogP contribution in [0.2, 0.25) is 0 Å². The molecule has 0 atom stereocenters. The SMILES string of the molecule is O=C(CCNC(=O)NCc1ccccc1)NNC(=O)c1ccc(F)cc1. The zero-order valence-electron chi connectivity index (χ0n) is 13.9. The highest BCUT2D eigenvalue weighted by Gasteiger charge is 2.08. The van der Waals surface area contributed by atoms with Crippen LogP contribution in [0, 0.1) is 5.82 Å². The summed E-state index contributed by atoms with van der Waals surface area (Å²) in [6.45, 7) is 0.492. The fourth-order valence-electron chi connectivity index (χ4n) is 1.99. The van der Waals surface area contributed by atoms with Gasteiger partial charge in [-0.15, -0.1) is 0 Å². The summed E-state index contributed by atoms with van der Waals surface area (Å²) in [6.07, 6.45) is -0.0115. The van der Waals surface area contributed by atoms with Gasteiger partial charge in [-0.2, -0.15) is 0 Å². The second-order valence-electron chi connectivity index (χ2n) is 5.35. The summed E-state index contributed by atoms with van der Waals surface area (Å²) in [7, 11) is 0. The number of nitrogens with one attached hydrogen (secondary N) is 4. The summed E-state index contributed by atoms with van der Waals surface area (Å²) in [6, 6.07) is 13.9. The second kappa shape index (κ2) is 9.77. The van der Waals surface area contributed by atoms with E-state index in [1.807, 2.05) is 30.3 Å². The summed E-state index contributed by atoms with van der Waals surface area (Å²) >= 11 is 0. The van der Waals surface area contributed by atoms with Gasteiger partial charge in [-0.3, -0.25) is 20.4 Å². The summed E-state index contributed by atoms with van der Waals surface area (Å²) in [5, 5.41) is 5.21. The molecule has 0 bridgehead atoms. The minimum atomic E-state index is -0.563. The van der Waals surface area contributed by atoms with Crippen molar-refractivity contribution in [3.05, 3.63) is 71.5 Å². The fraction of sp³-hybridized carbons (Fsp3) is 0.167. The van der Waals surface area contributed by atoms with Gasteiger partial charge < -0.3 is 10.6 Å². The summed E-state index contributed by atoms with van der Waals surface area (Å²) < 4.78 is 12.8. The molecule has 0 unspecified atom stereocenters. The van der Waals surface area contributed by atoms with Crippen molar-refractivity contribution in [1.29, 1.82) is 0 Å². The van der Waals surface area contributed by atoms with Crippen LogP contribution >= 0.6 is 0 Å². The Bertz CT molecular complexity index is 751. The van der Waals surface area contributed by atoms with E-state index in [1.165, 1.54) is 12.1 Å². The van der Waals surface area contributed by atoms with Crippen molar-refractivity contribution in [3.63, 3.8) is 0 Å². The van der Waals surface area contributed by atoms with Crippen LogP contribution in [0.1, 0.15) is 22.3 Å². The standard InChI is InChI=1S/C18H19FN4O3/c19-15-8-6-14(7-9-15)17(25)23-22-16(24)10-11-20-18(26)21-12-13-4-2-1-3-5-13/h1-9H,10-12H2,(H,22,24)(H,23,25)(H2,20,21,26). The van der Waals surface area contributed by atoms with Crippen LogP contribution in [-0.2, 0) is 11.3 Å². The number of carbonyl (C=O) groups excluding carboxylic acids is 3. The van der Waals surface area contributed by atoms with Gasteiger partial charge in [0.2, 0.25) is 5.91 Å². The number of hydrazine groups is 1. The lowest BCUT2D eigenvalue weighted by molar-refractivity contribution is -0.121. The maximum absolute atomic E-state index is 12.8. The molecule has 0 aliphatic rings. The Hall–Kier alpha value is -3.42. The molecule has 0 saturated heterocycles. The van der Waals surface area contributed by atoms with E-state index in [2.05, 4.69) is 21.5 Å². The number of urea groups is 1. The van der Waals surface area contributed by atoms with Gasteiger partial charge in [-0.1, -0.05) is 30.3 Å². The third kappa shape index (κ3) is 6.60. The van der Waals surface area contributed by atoms with E-state index < -0.39 is 23.7 Å². The van der Waals surface area contributed by atoms with Crippen LogP contribution < -0.4 is 21.5 Å². The summed E-state index contributed by atoms with van der Waals surface area (Å²) in [5.41, 5.74) is 5.61. The molecule has 0 aliphatic heterocycles. The molecule has 26 heavy (non-hydrogen) atoms. The van der Waals surface area contributed by atoms with Crippen molar-refractivity contribution in [3.8, 4) is 0 Å². The van der Waals surface area contributed by atoms with Gasteiger partial charge in [0.15, 0.2) is 0 Å². The smallest absolute Gasteiger partial charge is 0.315 e. The van der Waals surface area contributed by atoms with Crippen LogP contribution in [0.4, 0.5) is 9.18 Å². The highest BCUT2D eigenvalue weighted by molar-refractivity contribution is 5.95. The molecule has 0 aromatic heterocycles. The summed E-state index contributed by atoms with van der Waals surface area (Å²) in [4.78, 5) is 35.0. The van der Waals surface area contributed by atoms with E-state index in [0.717, 1.165) is 17.7 Å². The predicted molar refractivity (Wildman–Crippen MR) is 93.3 cm³/mol. The molecule has 0 fully saturated rings. The highest BCUT2D eigenvalue weighted by atomic mass is 19.1. The van der Waals surface area contributed by atoms with Crippen molar-refractivity contribution in [1.82, 2.24) is 21.5 Å². The van der Waals surface area contributed by atoms with Crippen LogP contribution in [0.15, 0.2) is 54.6 Å². The van der Waals surface area contributed by atoms with Gasteiger partial charge in [0.25, 0.3) is 5.91 Å². The Morgan fingerprint density at radius 3 is 2.23 bits per heavy atom. The number of rotatable bonds is 6. The van der Waals surface area contributed by atoms with Crippen LogP contribution in [0.5, 0.6) is 0 Å². The lowest BCUT2D eigenvalue weighted by Crippen LogP contribution is -2.43. The van der Waals surface area contributed by atoms with E-state index in [1.54, 1.807) is 0 Å². The number of benzene rings is 2. The first-order chi connectivity index (χ1) is 12.5. The zero-order valence-corrected chi connectivity index (χ0v) is 13.9. The van der Waals surface area contributed by atoms with Crippen molar-refractivity contribution >= 4 is 17.8 Å². The first-order valence-corrected chi connectivity index (χ1v) is 7.95. The van der Waals surface area contributed by atoms with Crippen molar-refractivity contribution in [2.45, 2.75) is 13.0 Å². The lowest BCUT2D eigenvalue weighted by atomic mass is 10.2. The monoisotopic (exact) mass is 358 g/mol. The molecule has 2 rings (SSSR count). The molecule has 0 heterocycles. The van der Waals surface area contributed by atoms with Crippen LogP contribution in [0.3, 0.4) is 0 Å². The minimum Gasteiger partial charge on any atom is -0.338 e. The third-order valence-electron chi connectivity index (χ3n) is 3.36. The molecule has 0 spiro atoms. The average molecular weight is 358 g/mol. The Balaban J connectivity index is 1.60. The van der Waals surface area contributed by atoms with Gasteiger partial charge in [0, 0.05) is 25.1 Å². The predicted octanol–water partition coefficient (Wildman–Crippen LogP) is 1.48. The molecular weight excluding hydrogens is 339 g/mol. The molecular formula is C18H19FN4O3. The van der Waals surface area contributed by atoms with E-state index in [9.17, 15) is 18.8 Å². The van der Waals surface area contributed by atoms with Crippen molar-refractivity contribution < 1.29 is 18.8 Å². The lowest BCUT2D eigenvalue weighted by Gasteiger charge is -2.09. The maximum atomic E-state index is 12.8. The molecule has 0 saturated carbocycles. The largest absolute Gasteiger partial charge is 0.338 e. The zero-order chi connectivity index (χ0) is 18.8. The van der Waals surface area contributed by atoms with Gasteiger partial charge in [0.1, 0.15) is 5.82 Å². The highest BCUT2D eigenvalue weighted by Crippen LogP contribution is 2.01. The molecule has 2 aromatic rings. The van der Waals surface area contributed by atoms with Crippen LogP contribution in [-0.4, -0.2) is 24.4 Å². The van der Waals surface area contributed by atoms with Crippen molar-refractivity contribution in [2.75, 3.05) is 6.54 Å². The van der Waals surface area contributed by atoms with Gasteiger partial charge in [0.05, 0.1) is 0 Å². The quantitative estimate of drug-likeness (QED) is 0.589. The minimum absolute atomic E-state index is 0.0115. The molecule has 136 valence electrons. The number of amides is 4. The molecule has 0 radical (unpaired) electrons.